The fourth-order valence-corrected chi connectivity index (χ4v) is 3.89. The molecular formula is C22H15N7OS. The van der Waals surface area contributed by atoms with Crippen LogP contribution in [-0.4, -0.2) is 25.6 Å². The Labute approximate surface area is 181 Å². The molecule has 0 fully saturated rings. The van der Waals surface area contributed by atoms with Gasteiger partial charge in [0, 0.05) is 17.7 Å². The van der Waals surface area contributed by atoms with Crippen LogP contribution in [0, 0.1) is 11.3 Å². The van der Waals surface area contributed by atoms with Gasteiger partial charge in [0.15, 0.2) is 0 Å². The number of nitriles is 1. The number of aromatic nitrogens is 5. The molecule has 0 aliphatic rings. The molecule has 1 aromatic carbocycles. The van der Waals surface area contributed by atoms with Crippen molar-refractivity contribution in [2.45, 2.75) is 6.54 Å². The maximum absolute atomic E-state index is 9.87. The molecule has 0 aliphatic carbocycles. The first-order valence-corrected chi connectivity index (χ1v) is 10.3. The van der Waals surface area contributed by atoms with Gasteiger partial charge in [0.2, 0.25) is 5.82 Å². The van der Waals surface area contributed by atoms with Crippen molar-refractivity contribution >= 4 is 17.2 Å². The van der Waals surface area contributed by atoms with Crippen molar-refractivity contribution in [1.29, 1.82) is 5.26 Å². The van der Waals surface area contributed by atoms with Crippen LogP contribution in [-0.2, 0) is 6.54 Å². The number of pyridine rings is 1. The molecule has 150 valence electrons. The number of anilines is 1. The Morgan fingerprint density at radius 1 is 1.13 bits per heavy atom. The van der Waals surface area contributed by atoms with E-state index < -0.39 is 0 Å². The zero-order valence-electron chi connectivity index (χ0n) is 16.1. The zero-order valence-corrected chi connectivity index (χ0v) is 16.9. The average molecular weight is 425 g/mol. The molecule has 2 N–H and O–H groups in total. The number of aromatic amines is 1. The van der Waals surface area contributed by atoms with Crippen LogP contribution in [0.1, 0.15) is 11.1 Å². The van der Waals surface area contributed by atoms with Crippen LogP contribution in [0.25, 0.3) is 33.3 Å². The average Bonchev–Trinajstić information content (AvgIpc) is 3.60. The number of thiophene rings is 1. The van der Waals surface area contributed by atoms with Crippen LogP contribution in [0.5, 0.6) is 0 Å². The van der Waals surface area contributed by atoms with Gasteiger partial charge < -0.3 is 9.73 Å². The lowest BCUT2D eigenvalue weighted by Crippen LogP contribution is -2.05. The smallest absolute Gasteiger partial charge is 0.204 e. The maximum Gasteiger partial charge on any atom is 0.204 e. The molecule has 0 saturated carbocycles. The molecule has 0 amide bonds. The second-order valence-corrected chi connectivity index (χ2v) is 7.58. The van der Waals surface area contributed by atoms with Gasteiger partial charge in [-0.3, -0.25) is 0 Å². The summed E-state index contributed by atoms with van der Waals surface area (Å²) in [6, 6.07) is 19.6. The van der Waals surface area contributed by atoms with Crippen molar-refractivity contribution in [2.75, 3.05) is 5.32 Å². The molecular weight excluding hydrogens is 410 g/mol. The van der Waals surface area contributed by atoms with Crippen LogP contribution >= 0.6 is 11.3 Å². The minimum Gasteiger partial charge on any atom is -0.464 e. The molecule has 0 radical (unpaired) electrons. The lowest BCUT2D eigenvalue weighted by molar-refractivity contribution is 0.582. The standard InChI is InChI=1S/C22H15N7OS/c23-12-17-16(19-3-1-9-30-19)11-18(20-4-2-10-31-20)25-22(17)24-13-14-5-7-15(8-6-14)21-26-28-29-27-21/h1-11H,13H2,(H,24,25)(H,26,27,28,29). The number of hydrogen-bond acceptors (Lipinski definition) is 8. The van der Waals surface area contributed by atoms with E-state index in [2.05, 4.69) is 32.0 Å². The monoisotopic (exact) mass is 425 g/mol. The van der Waals surface area contributed by atoms with E-state index in [9.17, 15) is 5.26 Å². The van der Waals surface area contributed by atoms with Gasteiger partial charge >= 0.3 is 0 Å². The quantitative estimate of drug-likeness (QED) is 0.404. The van der Waals surface area contributed by atoms with Crippen LogP contribution < -0.4 is 5.32 Å². The number of nitrogens with one attached hydrogen (secondary N) is 2. The number of hydrogen-bond donors (Lipinski definition) is 2. The molecule has 4 heterocycles. The summed E-state index contributed by atoms with van der Waals surface area (Å²) in [4.78, 5) is 5.75. The summed E-state index contributed by atoms with van der Waals surface area (Å²) in [7, 11) is 0. The fraction of sp³-hybridized carbons (Fsp3) is 0.0455. The molecule has 0 aliphatic heterocycles. The summed E-state index contributed by atoms with van der Waals surface area (Å²) < 4.78 is 5.58. The fourth-order valence-electron chi connectivity index (χ4n) is 3.20. The predicted octanol–water partition coefficient (Wildman–Crippen LogP) is 4.73. The van der Waals surface area contributed by atoms with Crippen LogP contribution in [0.15, 0.2) is 70.7 Å². The molecule has 31 heavy (non-hydrogen) atoms. The third kappa shape index (κ3) is 3.80. The van der Waals surface area contributed by atoms with E-state index in [-0.39, 0.29) is 0 Å². The summed E-state index contributed by atoms with van der Waals surface area (Å²) in [5.74, 6) is 1.69. The molecule has 0 saturated heterocycles. The van der Waals surface area contributed by atoms with Crippen molar-refractivity contribution < 1.29 is 4.42 Å². The SMILES string of the molecule is N#Cc1c(-c2ccco2)cc(-c2cccs2)nc1NCc1ccc(-c2nn[nH]n2)cc1. The number of tetrazole rings is 1. The van der Waals surface area contributed by atoms with Crippen LogP contribution in [0.4, 0.5) is 5.82 Å². The largest absolute Gasteiger partial charge is 0.464 e. The van der Waals surface area contributed by atoms with Crippen molar-refractivity contribution in [2.24, 2.45) is 0 Å². The van der Waals surface area contributed by atoms with Crippen molar-refractivity contribution in [3.63, 3.8) is 0 Å². The van der Waals surface area contributed by atoms with Gasteiger partial charge in [0.05, 0.1) is 16.8 Å². The Bertz CT molecular complexity index is 1320. The van der Waals surface area contributed by atoms with E-state index in [1.807, 2.05) is 53.9 Å². The Balaban J connectivity index is 1.47. The summed E-state index contributed by atoms with van der Waals surface area (Å²) in [6.07, 6.45) is 1.60. The highest BCUT2D eigenvalue weighted by molar-refractivity contribution is 7.13. The predicted molar refractivity (Wildman–Crippen MR) is 117 cm³/mol. The molecule has 9 heteroatoms. The van der Waals surface area contributed by atoms with Gasteiger partial charge in [-0.15, -0.1) is 21.5 Å². The molecule has 5 aromatic rings. The lowest BCUT2D eigenvalue weighted by atomic mass is 10.1. The van der Waals surface area contributed by atoms with Gasteiger partial charge in [0.25, 0.3) is 0 Å². The summed E-state index contributed by atoms with van der Waals surface area (Å²) >= 11 is 1.60. The number of benzene rings is 1. The summed E-state index contributed by atoms with van der Waals surface area (Å²) in [5, 5.41) is 29.2. The first kappa shape index (κ1) is 18.7. The van der Waals surface area contributed by atoms with E-state index >= 15 is 0 Å². The third-order valence-corrected chi connectivity index (χ3v) is 5.60. The molecule has 0 bridgehead atoms. The molecule has 0 atom stereocenters. The van der Waals surface area contributed by atoms with E-state index in [1.165, 1.54) is 0 Å². The van der Waals surface area contributed by atoms with Crippen molar-refractivity contribution in [1.82, 2.24) is 25.6 Å². The van der Waals surface area contributed by atoms with Crippen LogP contribution in [0.3, 0.4) is 0 Å². The van der Waals surface area contributed by atoms with E-state index in [1.54, 1.807) is 23.7 Å². The highest BCUT2D eigenvalue weighted by Crippen LogP contribution is 2.34. The van der Waals surface area contributed by atoms with Gasteiger partial charge in [-0.25, -0.2) is 4.98 Å². The number of H-pyrrole nitrogens is 1. The number of rotatable bonds is 6. The third-order valence-electron chi connectivity index (χ3n) is 4.71. The first-order chi connectivity index (χ1) is 15.3. The Morgan fingerprint density at radius 2 is 2.03 bits per heavy atom. The minimum absolute atomic E-state index is 0.443. The molecule has 5 rings (SSSR count). The molecule has 0 unspecified atom stereocenters. The van der Waals surface area contributed by atoms with Crippen molar-refractivity contribution in [3.8, 4) is 39.4 Å². The normalized spacial score (nSPS) is 10.7. The Morgan fingerprint density at radius 3 is 2.71 bits per heavy atom. The number of furan rings is 1. The second-order valence-electron chi connectivity index (χ2n) is 6.63. The topological polar surface area (TPSA) is 116 Å². The highest BCUT2D eigenvalue weighted by atomic mass is 32.1. The van der Waals surface area contributed by atoms with Crippen LogP contribution in [0.2, 0.25) is 0 Å². The van der Waals surface area contributed by atoms with E-state index in [0.717, 1.165) is 21.7 Å². The zero-order chi connectivity index (χ0) is 21.0. The highest BCUT2D eigenvalue weighted by Gasteiger charge is 2.17. The Hall–Kier alpha value is -4.29. The summed E-state index contributed by atoms with van der Waals surface area (Å²) in [5.41, 5.74) is 3.84. The molecule has 0 spiro atoms. The number of nitrogens with zero attached hydrogens (tertiary/aromatic N) is 5. The molecule has 8 nitrogen and oxygen atoms in total. The minimum atomic E-state index is 0.443. The van der Waals surface area contributed by atoms with Crippen molar-refractivity contribution in [3.05, 3.63) is 77.4 Å². The first-order valence-electron chi connectivity index (χ1n) is 9.41. The van der Waals surface area contributed by atoms with Gasteiger partial charge in [-0.05, 0) is 40.4 Å². The van der Waals surface area contributed by atoms with E-state index in [4.69, 9.17) is 9.40 Å². The second kappa shape index (κ2) is 8.22. The van der Waals surface area contributed by atoms with Gasteiger partial charge in [-0.1, -0.05) is 30.3 Å². The van der Waals surface area contributed by atoms with E-state index in [0.29, 0.717) is 35.1 Å². The Kier molecular flexibility index (Phi) is 4.96. The molecule has 4 aromatic heterocycles. The lowest BCUT2D eigenvalue weighted by Gasteiger charge is -2.12. The summed E-state index contributed by atoms with van der Waals surface area (Å²) in [6.45, 7) is 0.500. The van der Waals surface area contributed by atoms with Gasteiger partial charge in [0.1, 0.15) is 23.2 Å². The van der Waals surface area contributed by atoms with Gasteiger partial charge in [-0.2, -0.15) is 10.5 Å². The maximum atomic E-state index is 9.87.